The Morgan fingerprint density at radius 2 is 1.90 bits per heavy atom. The predicted molar refractivity (Wildman–Crippen MR) is 117 cm³/mol. The van der Waals surface area contributed by atoms with E-state index >= 15 is 0 Å². The number of pyridine rings is 1. The molecule has 0 radical (unpaired) electrons. The number of amides is 1. The maximum atomic E-state index is 13.5. The molecule has 0 saturated heterocycles. The molecular weight excluding hydrogens is 401 g/mol. The summed E-state index contributed by atoms with van der Waals surface area (Å²) in [5.41, 5.74) is 2.60. The first-order valence-electron chi connectivity index (χ1n) is 9.40. The fourth-order valence-electron chi connectivity index (χ4n) is 3.19. The highest BCUT2D eigenvalue weighted by Crippen LogP contribution is 2.37. The number of aryl methyl sites for hydroxylation is 2. The van der Waals surface area contributed by atoms with E-state index in [1.165, 1.54) is 29.7 Å². The third-order valence-electron chi connectivity index (χ3n) is 4.55. The monoisotopic (exact) mass is 421 g/mol. The molecule has 152 valence electrons. The van der Waals surface area contributed by atoms with Crippen molar-refractivity contribution in [3.63, 3.8) is 0 Å². The van der Waals surface area contributed by atoms with Gasteiger partial charge in [-0.1, -0.05) is 18.2 Å². The van der Waals surface area contributed by atoms with Crippen molar-refractivity contribution in [1.82, 2.24) is 4.98 Å². The summed E-state index contributed by atoms with van der Waals surface area (Å²) < 4.78 is 18.8. The van der Waals surface area contributed by atoms with Gasteiger partial charge in [0.2, 0.25) is 0 Å². The van der Waals surface area contributed by atoms with Gasteiger partial charge in [-0.25, -0.2) is 9.37 Å². The van der Waals surface area contributed by atoms with Gasteiger partial charge in [-0.15, -0.1) is 11.3 Å². The highest BCUT2D eigenvalue weighted by Gasteiger charge is 2.23. The molecule has 0 aliphatic heterocycles. The zero-order chi connectivity index (χ0) is 21.1. The zero-order valence-electron chi connectivity index (χ0n) is 16.5. The minimum atomic E-state index is -0.336. The summed E-state index contributed by atoms with van der Waals surface area (Å²) in [5, 5.41) is 7.07. The van der Waals surface area contributed by atoms with Crippen LogP contribution in [0.3, 0.4) is 0 Å². The van der Waals surface area contributed by atoms with Crippen molar-refractivity contribution in [2.75, 3.05) is 10.6 Å². The SMILES string of the molecule is Cc1cccc(N[C@@H](c2ccc(F)cc2)c2cc(C)sc2NC(=O)c2ccco2)n1. The highest BCUT2D eigenvalue weighted by molar-refractivity contribution is 7.16. The van der Waals surface area contributed by atoms with Gasteiger partial charge < -0.3 is 15.1 Å². The van der Waals surface area contributed by atoms with Crippen LogP contribution in [0.4, 0.5) is 15.2 Å². The lowest BCUT2D eigenvalue weighted by Gasteiger charge is -2.21. The fraction of sp³-hybridized carbons (Fsp3) is 0.130. The molecule has 3 heterocycles. The molecule has 4 aromatic rings. The number of carbonyl (C=O) groups excluding carboxylic acids is 1. The lowest BCUT2D eigenvalue weighted by Crippen LogP contribution is -2.17. The molecule has 0 fully saturated rings. The number of furan rings is 1. The van der Waals surface area contributed by atoms with E-state index in [1.807, 2.05) is 38.1 Å². The van der Waals surface area contributed by atoms with Crippen LogP contribution in [0.15, 0.2) is 71.3 Å². The number of hydrogen-bond donors (Lipinski definition) is 2. The molecule has 0 spiro atoms. The van der Waals surface area contributed by atoms with E-state index in [2.05, 4.69) is 15.6 Å². The van der Waals surface area contributed by atoms with Gasteiger partial charge in [0.25, 0.3) is 5.91 Å². The van der Waals surface area contributed by atoms with Crippen molar-refractivity contribution >= 4 is 28.1 Å². The number of nitrogens with zero attached hydrogens (tertiary/aromatic N) is 1. The number of rotatable bonds is 6. The molecule has 1 aromatic carbocycles. The van der Waals surface area contributed by atoms with Crippen molar-refractivity contribution in [1.29, 1.82) is 0 Å². The molecule has 4 rings (SSSR count). The Balaban J connectivity index is 1.73. The first-order valence-corrected chi connectivity index (χ1v) is 10.2. The van der Waals surface area contributed by atoms with Crippen LogP contribution in [-0.4, -0.2) is 10.9 Å². The Labute approximate surface area is 177 Å². The van der Waals surface area contributed by atoms with E-state index in [1.54, 1.807) is 24.3 Å². The Kier molecular flexibility index (Phi) is 5.63. The quantitative estimate of drug-likeness (QED) is 0.404. The van der Waals surface area contributed by atoms with E-state index in [0.29, 0.717) is 10.8 Å². The summed E-state index contributed by atoms with van der Waals surface area (Å²) in [6, 6.07) is 17.0. The van der Waals surface area contributed by atoms with Gasteiger partial charge in [-0.3, -0.25) is 4.79 Å². The van der Waals surface area contributed by atoms with E-state index in [0.717, 1.165) is 21.7 Å². The van der Waals surface area contributed by atoms with Crippen molar-refractivity contribution in [2.45, 2.75) is 19.9 Å². The number of halogens is 1. The molecular formula is C23H20FN3O2S. The minimum Gasteiger partial charge on any atom is -0.459 e. The Morgan fingerprint density at radius 1 is 1.10 bits per heavy atom. The van der Waals surface area contributed by atoms with Crippen LogP contribution < -0.4 is 10.6 Å². The first-order chi connectivity index (χ1) is 14.5. The Morgan fingerprint density at radius 3 is 2.60 bits per heavy atom. The van der Waals surface area contributed by atoms with Crippen LogP contribution >= 0.6 is 11.3 Å². The number of carbonyl (C=O) groups is 1. The summed E-state index contributed by atoms with van der Waals surface area (Å²) in [6.45, 7) is 3.89. The summed E-state index contributed by atoms with van der Waals surface area (Å²) in [7, 11) is 0. The third-order valence-corrected chi connectivity index (χ3v) is 5.53. The standard InChI is InChI=1S/C23H20FN3O2S/c1-14-5-3-7-20(25-14)26-21(16-8-10-17(24)11-9-16)18-13-15(2)30-23(18)27-22(28)19-6-4-12-29-19/h3-13,21H,1-2H3,(H,25,26)(H,27,28)/t21-/m0/s1. The highest BCUT2D eigenvalue weighted by atomic mass is 32.1. The van der Waals surface area contributed by atoms with Crippen LogP contribution in [0.1, 0.15) is 38.3 Å². The Hall–Kier alpha value is -3.45. The van der Waals surface area contributed by atoms with Crippen LogP contribution in [0.25, 0.3) is 0 Å². The maximum absolute atomic E-state index is 13.5. The third kappa shape index (κ3) is 4.41. The van der Waals surface area contributed by atoms with E-state index < -0.39 is 0 Å². The summed E-state index contributed by atoms with van der Waals surface area (Å²) >= 11 is 1.47. The number of hydrogen-bond acceptors (Lipinski definition) is 5. The van der Waals surface area contributed by atoms with Gasteiger partial charge in [0.15, 0.2) is 5.76 Å². The number of benzene rings is 1. The van der Waals surface area contributed by atoms with Crippen LogP contribution in [0.5, 0.6) is 0 Å². The van der Waals surface area contributed by atoms with Crippen LogP contribution in [-0.2, 0) is 0 Å². The lowest BCUT2D eigenvalue weighted by molar-refractivity contribution is 0.0997. The van der Waals surface area contributed by atoms with Crippen LogP contribution in [0, 0.1) is 19.7 Å². The molecule has 7 heteroatoms. The van der Waals surface area contributed by atoms with Crippen LogP contribution in [0.2, 0.25) is 0 Å². The molecule has 1 atom stereocenters. The molecule has 0 saturated carbocycles. The number of anilines is 2. The van der Waals surface area contributed by atoms with Gasteiger partial charge in [0, 0.05) is 16.1 Å². The van der Waals surface area contributed by atoms with Crippen molar-refractivity contribution in [3.8, 4) is 0 Å². The molecule has 2 N–H and O–H groups in total. The largest absolute Gasteiger partial charge is 0.459 e. The first kappa shape index (κ1) is 19.8. The van der Waals surface area contributed by atoms with E-state index in [4.69, 9.17) is 4.42 Å². The van der Waals surface area contributed by atoms with E-state index in [9.17, 15) is 9.18 Å². The number of aromatic nitrogens is 1. The number of thiophene rings is 1. The van der Waals surface area contributed by atoms with Gasteiger partial charge in [0.05, 0.1) is 12.3 Å². The molecule has 0 unspecified atom stereocenters. The summed E-state index contributed by atoms with van der Waals surface area (Å²) in [6.07, 6.45) is 1.46. The predicted octanol–water partition coefficient (Wildman–Crippen LogP) is 5.95. The summed E-state index contributed by atoms with van der Waals surface area (Å²) in [4.78, 5) is 18.1. The normalized spacial score (nSPS) is 11.8. The van der Waals surface area contributed by atoms with E-state index in [-0.39, 0.29) is 23.5 Å². The lowest BCUT2D eigenvalue weighted by atomic mass is 10.00. The fourth-order valence-corrected chi connectivity index (χ4v) is 4.13. The van der Waals surface area contributed by atoms with Gasteiger partial charge in [0.1, 0.15) is 16.6 Å². The maximum Gasteiger partial charge on any atom is 0.291 e. The molecule has 0 aliphatic carbocycles. The molecule has 3 aromatic heterocycles. The Bertz CT molecular complexity index is 1150. The molecule has 30 heavy (non-hydrogen) atoms. The van der Waals surface area contributed by atoms with Gasteiger partial charge >= 0.3 is 0 Å². The topological polar surface area (TPSA) is 67.2 Å². The average molecular weight is 421 g/mol. The van der Waals surface area contributed by atoms with Crippen molar-refractivity contribution < 1.29 is 13.6 Å². The second-order valence-electron chi connectivity index (χ2n) is 6.87. The second-order valence-corrected chi connectivity index (χ2v) is 8.12. The average Bonchev–Trinajstić information content (AvgIpc) is 3.37. The van der Waals surface area contributed by atoms with Crippen molar-refractivity contribution in [3.05, 3.63) is 100 Å². The van der Waals surface area contributed by atoms with Gasteiger partial charge in [-0.2, -0.15) is 0 Å². The molecule has 1 amide bonds. The number of nitrogens with one attached hydrogen (secondary N) is 2. The second kappa shape index (κ2) is 8.51. The molecule has 0 bridgehead atoms. The van der Waals surface area contributed by atoms with Crippen molar-refractivity contribution in [2.24, 2.45) is 0 Å². The minimum absolute atomic E-state index is 0.235. The smallest absolute Gasteiger partial charge is 0.291 e. The summed E-state index contributed by atoms with van der Waals surface area (Å²) in [5.74, 6) is 0.295. The molecule has 5 nitrogen and oxygen atoms in total. The zero-order valence-corrected chi connectivity index (χ0v) is 17.3. The van der Waals surface area contributed by atoms with Gasteiger partial charge in [-0.05, 0) is 61.9 Å². The molecule has 0 aliphatic rings.